The second kappa shape index (κ2) is 8.83. The molecule has 0 unspecified atom stereocenters. The summed E-state index contributed by atoms with van der Waals surface area (Å²) in [6.07, 6.45) is 4.70. The van der Waals surface area contributed by atoms with E-state index in [9.17, 15) is 13.2 Å². The van der Waals surface area contributed by atoms with E-state index in [1.54, 1.807) is 11.1 Å². The van der Waals surface area contributed by atoms with Gasteiger partial charge in [0, 0.05) is 42.5 Å². The smallest absolute Gasteiger partial charge is 0.410 e. The molecular weight excluding hydrogens is 459 g/mol. The average molecular weight is 491 g/mol. The molecule has 1 fully saturated rings. The van der Waals surface area contributed by atoms with Crippen molar-refractivity contribution in [3.63, 3.8) is 0 Å². The number of fused-ring (bicyclic) bond motifs is 1. The highest BCUT2D eigenvalue weighted by Gasteiger charge is 2.35. The van der Waals surface area contributed by atoms with Crippen molar-refractivity contribution in [2.24, 2.45) is 5.92 Å². The lowest BCUT2D eigenvalue weighted by molar-refractivity contribution is 0.0123. The first-order chi connectivity index (χ1) is 15.8. The van der Waals surface area contributed by atoms with Crippen LogP contribution in [0, 0.1) is 18.7 Å². The Morgan fingerprint density at radius 2 is 1.91 bits per heavy atom. The molecule has 2 aliphatic heterocycles. The van der Waals surface area contributed by atoms with Gasteiger partial charge in [-0.1, -0.05) is 0 Å². The fraction of sp³-hybridized carbons (Fsp3) is 0.520. The van der Waals surface area contributed by atoms with E-state index in [2.05, 4.69) is 4.98 Å². The summed E-state index contributed by atoms with van der Waals surface area (Å²) in [5.41, 5.74) is 1.24. The van der Waals surface area contributed by atoms with Gasteiger partial charge in [0.05, 0.1) is 16.8 Å². The van der Waals surface area contributed by atoms with Crippen LogP contribution in [0.2, 0.25) is 0 Å². The highest BCUT2D eigenvalue weighted by molar-refractivity contribution is 7.90. The summed E-state index contributed by atoms with van der Waals surface area (Å²) < 4.78 is 50.4. The predicted octanol–water partition coefficient (Wildman–Crippen LogP) is 4.55. The summed E-state index contributed by atoms with van der Waals surface area (Å²) >= 11 is 0. The van der Waals surface area contributed by atoms with Gasteiger partial charge in [-0.2, -0.15) is 0 Å². The molecule has 1 atom stereocenters. The van der Waals surface area contributed by atoms with Crippen molar-refractivity contribution in [1.29, 1.82) is 0 Å². The zero-order valence-corrected chi connectivity index (χ0v) is 21.0. The second-order valence-corrected chi connectivity index (χ2v) is 12.1. The van der Waals surface area contributed by atoms with Crippen LogP contribution in [-0.4, -0.2) is 55.4 Å². The minimum Gasteiger partial charge on any atom is -0.488 e. The van der Waals surface area contributed by atoms with Crippen LogP contribution >= 0.6 is 0 Å². The fourth-order valence-electron chi connectivity index (χ4n) is 4.63. The number of ether oxygens (including phenoxy) is 2. The summed E-state index contributed by atoms with van der Waals surface area (Å²) in [4.78, 5) is 18.4. The van der Waals surface area contributed by atoms with Crippen LogP contribution in [-0.2, 0) is 21.0 Å². The molecule has 4 rings (SSSR count). The number of likely N-dealkylation sites (tertiary alicyclic amines) is 1. The minimum absolute atomic E-state index is 0.0176. The van der Waals surface area contributed by atoms with Crippen LogP contribution in [0.5, 0.6) is 5.75 Å². The van der Waals surface area contributed by atoms with Gasteiger partial charge in [-0.25, -0.2) is 17.6 Å². The van der Waals surface area contributed by atoms with Crippen molar-refractivity contribution in [3.05, 3.63) is 41.3 Å². The van der Waals surface area contributed by atoms with Crippen LogP contribution in [0.25, 0.3) is 11.3 Å². The van der Waals surface area contributed by atoms with Crippen molar-refractivity contribution in [3.8, 4) is 17.0 Å². The third kappa shape index (κ3) is 5.04. The number of benzene rings is 1. The quantitative estimate of drug-likeness (QED) is 0.628. The van der Waals surface area contributed by atoms with Gasteiger partial charge in [0.15, 0.2) is 9.84 Å². The number of amides is 1. The molecule has 1 amide bonds. The van der Waals surface area contributed by atoms with E-state index in [1.807, 2.05) is 26.8 Å². The van der Waals surface area contributed by atoms with Crippen molar-refractivity contribution < 1.29 is 27.1 Å². The van der Waals surface area contributed by atoms with E-state index >= 15 is 4.39 Å². The number of aromatic nitrogens is 1. The zero-order valence-electron chi connectivity index (χ0n) is 20.2. The largest absolute Gasteiger partial charge is 0.488 e. The van der Waals surface area contributed by atoms with E-state index in [0.29, 0.717) is 36.9 Å². The summed E-state index contributed by atoms with van der Waals surface area (Å²) in [6.45, 7) is 8.28. The lowest BCUT2D eigenvalue weighted by atomic mass is 9.89. The number of piperidine rings is 1. The van der Waals surface area contributed by atoms with Gasteiger partial charge in [-0.15, -0.1) is 0 Å². The van der Waals surface area contributed by atoms with E-state index in [1.165, 1.54) is 19.1 Å². The molecule has 34 heavy (non-hydrogen) atoms. The number of halogens is 1. The first kappa shape index (κ1) is 24.4. The Hall–Kier alpha value is -2.68. The molecule has 1 aromatic carbocycles. The van der Waals surface area contributed by atoms with Gasteiger partial charge in [-0.3, -0.25) is 4.98 Å². The third-order valence-corrected chi connectivity index (χ3v) is 7.62. The van der Waals surface area contributed by atoms with Crippen LogP contribution in [0.1, 0.15) is 44.7 Å². The molecule has 1 saturated heterocycles. The van der Waals surface area contributed by atoms with Crippen molar-refractivity contribution >= 4 is 15.9 Å². The van der Waals surface area contributed by atoms with Crippen molar-refractivity contribution in [1.82, 2.24) is 9.88 Å². The third-order valence-electron chi connectivity index (χ3n) is 6.38. The van der Waals surface area contributed by atoms with Gasteiger partial charge in [0.2, 0.25) is 0 Å². The minimum atomic E-state index is -3.52. The van der Waals surface area contributed by atoms with Gasteiger partial charge in [-0.05, 0) is 64.7 Å². The van der Waals surface area contributed by atoms with Crippen LogP contribution in [0.3, 0.4) is 0 Å². The van der Waals surface area contributed by atoms with Crippen LogP contribution in [0.4, 0.5) is 9.18 Å². The monoisotopic (exact) mass is 490 g/mol. The molecule has 3 heterocycles. The van der Waals surface area contributed by atoms with Crippen LogP contribution < -0.4 is 4.74 Å². The lowest BCUT2D eigenvalue weighted by Gasteiger charge is -2.35. The van der Waals surface area contributed by atoms with Crippen LogP contribution in [0.15, 0.2) is 29.3 Å². The number of hydrogen-bond acceptors (Lipinski definition) is 6. The summed E-state index contributed by atoms with van der Waals surface area (Å²) in [5, 5.41) is 0. The molecule has 1 aromatic heterocycles. The molecule has 2 aromatic rings. The number of rotatable bonds is 3. The molecule has 184 valence electrons. The zero-order chi connectivity index (χ0) is 24.8. The number of hydrogen-bond donors (Lipinski definition) is 0. The van der Waals surface area contributed by atoms with Gasteiger partial charge in [0.25, 0.3) is 0 Å². The fourth-order valence-corrected chi connectivity index (χ4v) is 5.59. The maximum Gasteiger partial charge on any atom is 0.410 e. The molecule has 0 aliphatic carbocycles. The Balaban J connectivity index is 1.45. The van der Waals surface area contributed by atoms with Gasteiger partial charge >= 0.3 is 6.09 Å². The molecule has 0 saturated carbocycles. The highest BCUT2D eigenvalue weighted by Crippen LogP contribution is 2.37. The second-order valence-electron chi connectivity index (χ2n) is 10.2. The summed E-state index contributed by atoms with van der Waals surface area (Å²) in [6, 6.07) is 4.71. The molecule has 0 bridgehead atoms. The lowest BCUT2D eigenvalue weighted by Crippen LogP contribution is -2.44. The molecule has 2 aliphatic rings. The van der Waals surface area contributed by atoms with E-state index in [-0.39, 0.29) is 28.2 Å². The molecule has 0 N–H and O–H groups in total. The van der Waals surface area contributed by atoms with Crippen molar-refractivity contribution in [2.75, 3.05) is 19.3 Å². The van der Waals surface area contributed by atoms with E-state index in [4.69, 9.17) is 9.47 Å². The van der Waals surface area contributed by atoms with Crippen molar-refractivity contribution in [2.45, 2.75) is 63.6 Å². The number of carbonyl (C=O) groups is 1. The first-order valence-electron chi connectivity index (χ1n) is 11.5. The van der Waals surface area contributed by atoms with E-state index in [0.717, 1.165) is 24.7 Å². The Morgan fingerprint density at radius 1 is 1.24 bits per heavy atom. The maximum atomic E-state index is 15.0. The standard InChI is InChI=1S/C25H31FN2O5S/c1-15-22(34(5,30)31)7-6-18(23(15)26)19-12-17-13-20(32-21(17)14-27-19)16-8-10-28(11-9-16)24(29)33-25(2,3)4/h6-7,12,14,16,20H,8-11,13H2,1-5H3/t20-/m0/s1. The van der Waals surface area contributed by atoms with Gasteiger partial charge < -0.3 is 14.4 Å². The number of sulfone groups is 1. The van der Waals surface area contributed by atoms with E-state index < -0.39 is 21.3 Å². The normalized spacial score (nSPS) is 19.0. The Labute approximate surface area is 200 Å². The predicted molar refractivity (Wildman–Crippen MR) is 126 cm³/mol. The highest BCUT2D eigenvalue weighted by atomic mass is 32.2. The van der Waals surface area contributed by atoms with Gasteiger partial charge in [0.1, 0.15) is 23.3 Å². The molecule has 0 radical (unpaired) electrons. The molecule has 0 spiro atoms. The maximum absolute atomic E-state index is 15.0. The molecule has 7 nitrogen and oxygen atoms in total. The topological polar surface area (TPSA) is 85.8 Å². The molecular formula is C25H31FN2O5S. The Bertz CT molecular complexity index is 1210. The summed E-state index contributed by atoms with van der Waals surface area (Å²) in [5.74, 6) is 0.399. The molecule has 9 heteroatoms. The number of nitrogens with zero attached hydrogens (tertiary/aromatic N) is 2. The summed E-state index contributed by atoms with van der Waals surface area (Å²) in [7, 11) is -3.52. The average Bonchev–Trinajstić information content (AvgIpc) is 3.17. The SMILES string of the molecule is Cc1c(S(C)(=O)=O)ccc(-c2cc3c(cn2)O[C@H](C2CCN(C(=O)OC(C)(C)C)CC2)C3)c1F. The first-order valence-corrected chi connectivity index (χ1v) is 13.4. The Kier molecular flexibility index (Phi) is 6.35. The number of carbonyl (C=O) groups excluding carboxylic acids is 1. The number of pyridine rings is 1. The Morgan fingerprint density at radius 3 is 2.53 bits per heavy atom.